The first-order chi connectivity index (χ1) is 9.83. The molecule has 0 saturated carbocycles. The standard InChI is InChI=1S/C17H28N2O/c1-3-15-7-4-5-8-16(15)13-19(11-12-20-2)14-17-9-6-10-18-17/h4-5,7-8,17-18H,3,6,9-14H2,1-2H3. The van der Waals surface area contributed by atoms with Crippen molar-refractivity contribution in [2.45, 2.75) is 38.8 Å². The zero-order valence-electron chi connectivity index (χ0n) is 12.9. The number of aryl methyl sites for hydroxylation is 1. The Hall–Kier alpha value is -0.900. The molecule has 112 valence electrons. The number of hydrogen-bond acceptors (Lipinski definition) is 3. The van der Waals surface area contributed by atoms with Gasteiger partial charge in [0, 0.05) is 32.8 Å². The predicted molar refractivity (Wildman–Crippen MR) is 84.0 cm³/mol. The van der Waals surface area contributed by atoms with Crippen molar-refractivity contribution in [2.75, 3.05) is 33.4 Å². The van der Waals surface area contributed by atoms with Crippen molar-refractivity contribution in [3.05, 3.63) is 35.4 Å². The Labute approximate surface area is 123 Å². The molecule has 1 heterocycles. The zero-order valence-corrected chi connectivity index (χ0v) is 12.9. The molecule has 20 heavy (non-hydrogen) atoms. The van der Waals surface area contributed by atoms with Crippen LogP contribution in [0.5, 0.6) is 0 Å². The summed E-state index contributed by atoms with van der Waals surface area (Å²) in [5.74, 6) is 0. The van der Waals surface area contributed by atoms with Crippen LogP contribution in [0, 0.1) is 0 Å². The van der Waals surface area contributed by atoms with Crippen LogP contribution in [0.25, 0.3) is 0 Å². The van der Waals surface area contributed by atoms with Gasteiger partial charge in [0.25, 0.3) is 0 Å². The second-order valence-electron chi connectivity index (χ2n) is 5.64. The first-order valence-corrected chi connectivity index (χ1v) is 7.85. The first kappa shape index (κ1) is 15.5. The highest BCUT2D eigenvalue weighted by atomic mass is 16.5. The fourth-order valence-electron chi connectivity index (χ4n) is 2.98. The summed E-state index contributed by atoms with van der Waals surface area (Å²) in [5.41, 5.74) is 2.93. The van der Waals surface area contributed by atoms with E-state index in [-0.39, 0.29) is 0 Å². The number of nitrogens with one attached hydrogen (secondary N) is 1. The molecule has 3 heteroatoms. The van der Waals surface area contributed by atoms with E-state index in [4.69, 9.17) is 4.74 Å². The van der Waals surface area contributed by atoms with E-state index < -0.39 is 0 Å². The molecular weight excluding hydrogens is 248 g/mol. The summed E-state index contributed by atoms with van der Waals surface area (Å²) in [7, 11) is 1.78. The number of rotatable bonds is 8. The molecule has 1 unspecified atom stereocenters. The van der Waals surface area contributed by atoms with Gasteiger partial charge in [0.05, 0.1) is 6.61 Å². The van der Waals surface area contributed by atoms with Gasteiger partial charge in [0.15, 0.2) is 0 Å². The third-order valence-corrected chi connectivity index (χ3v) is 4.15. The van der Waals surface area contributed by atoms with Crippen molar-refractivity contribution >= 4 is 0 Å². The van der Waals surface area contributed by atoms with Crippen LogP contribution in [0.15, 0.2) is 24.3 Å². The van der Waals surface area contributed by atoms with E-state index in [1.54, 1.807) is 7.11 Å². The van der Waals surface area contributed by atoms with Crippen LogP contribution < -0.4 is 5.32 Å². The van der Waals surface area contributed by atoms with Gasteiger partial charge in [-0.15, -0.1) is 0 Å². The second-order valence-corrected chi connectivity index (χ2v) is 5.64. The highest BCUT2D eigenvalue weighted by Gasteiger charge is 2.18. The minimum Gasteiger partial charge on any atom is -0.383 e. The van der Waals surface area contributed by atoms with E-state index in [1.165, 1.54) is 30.5 Å². The topological polar surface area (TPSA) is 24.5 Å². The summed E-state index contributed by atoms with van der Waals surface area (Å²) in [6.07, 6.45) is 3.73. The van der Waals surface area contributed by atoms with Gasteiger partial charge in [0.1, 0.15) is 0 Å². The van der Waals surface area contributed by atoms with Crippen molar-refractivity contribution in [2.24, 2.45) is 0 Å². The molecule has 1 aromatic rings. The summed E-state index contributed by atoms with van der Waals surface area (Å²) < 4.78 is 5.27. The highest BCUT2D eigenvalue weighted by Crippen LogP contribution is 2.14. The van der Waals surface area contributed by atoms with Crippen molar-refractivity contribution in [3.63, 3.8) is 0 Å². The molecule has 2 rings (SSSR count). The Kier molecular flexibility index (Phi) is 6.51. The highest BCUT2D eigenvalue weighted by molar-refractivity contribution is 5.26. The van der Waals surface area contributed by atoms with Crippen LogP contribution in [-0.4, -0.2) is 44.3 Å². The summed E-state index contributed by atoms with van der Waals surface area (Å²) in [6, 6.07) is 9.45. The molecular formula is C17H28N2O. The average molecular weight is 276 g/mol. The van der Waals surface area contributed by atoms with Gasteiger partial charge in [-0.25, -0.2) is 0 Å². The summed E-state index contributed by atoms with van der Waals surface area (Å²) >= 11 is 0. The summed E-state index contributed by atoms with van der Waals surface area (Å²) in [5, 5.41) is 3.60. The fraction of sp³-hybridized carbons (Fsp3) is 0.647. The molecule has 0 aliphatic carbocycles. The van der Waals surface area contributed by atoms with Crippen molar-refractivity contribution in [1.29, 1.82) is 0 Å². The minimum absolute atomic E-state index is 0.653. The third kappa shape index (κ3) is 4.58. The maximum atomic E-state index is 5.27. The molecule has 0 bridgehead atoms. The monoisotopic (exact) mass is 276 g/mol. The zero-order chi connectivity index (χ0) is 14.2. The quantitative estimate of drug-likeness (QED) is 0.789. The number of ether oxygens (including phenoxy) is 1. The molecule has 1 aliphatic rings. The van der Waals surface area contributed by atoms with Gasteiger partial charge >= 0.3 is 0 Å². The van der Waals surface area contributed by atoms with Crippen LogP contribution >= 0.6 is 0 Å². The first-order valence-electron chi connectivity index (χ1n) is 7.85. The van der Waals surface area contributed by atoms with E-state index in [0.717, 1.165) is 32.7 Å². The van der Waals surface area contributed by atoms with Gasteiger partial charge in [-0.3, -0.25) is 4.90 Å². The molecule has 1 atom stereocenters. The Morgan fingerprint density at radius 3 is 2.75 bits per heavy atom. The summed E-state index contributed by atoms with van der Waals surface area (Å²) in [4.78, 5) is 2.53. The van der Waals surface area contributed by atoms with Crippen LogP contribution in [-0.2, 0) is 17.7 Å². The maximum Gasteiger partial charge on any atom is 0.0589 e. The van der Waals surface area contributed by atoms with Gasteiger partial charge < -0.3 is 10.1 Å². The second kappa shape index (κ2) is 8.40. The Morgan fingerprint density at radius 2 is 2.10 bits per heavy atom. The number of nitrogens with zero attached hydrogens (tertiary/aromatic N) is 1. The smallest absolute Gasteiger partial charge is 0.0589 e. The van der Waals surface area contributed by atoms with E-state index in [2.05, 4.69) is 41.4 Å². The van der Waals surface area contributed by atoms with Crippen molar-refractivity contribution in [3.8, 4) is 0 Å². The molecule has 0 radical (unpaired) electrons. The lowest BCUT2D eigenvalue weighted by atomic mass is 10.0. The third-order valence-electron chi connectivity index (χ3n) is 4.15. The SMILES string of the molecule is CCc1ccccc1CN(CCOC)CC1CCCN1. The van der Waals surface area contributed by atoms with Gasteiger partial charge in [0.2, 0.25) is 0 Å². The van der Waals surface area contributed by atoms with Crippen molar-refractivity contribution < 1.29 is 4.74 Å². The Morgan fingerprint density at radius 1 is 1.30 bits per heavy atom. The molecule has 0 amide bonds. The molecule has 1 saturated heterocycles. The lowest BCUT2D eigenvalue weighted by Crippen LogP contribution is -2.38. The molecule has 1 fully saturated rings. The van der Waals surface area contributed by atoms with Gasteiger partial charge in [-0.2, -0.15) is 0 Å². The molecule has 1 aliphatic heterocycles. The maximum absolute atomic E-state index is 5.27. The molecule has 0 spiro atoms. The van der Waals surface area contributed by atoms with Crippen LogP contribution in [0.1, 0.15) is 30.9 Å². The summed E-state index contributed by atoms with van der Waals surface area (Å²) in [6.45, 7) is 7.38. The van der Waals surface area contributed by atoms with Crippen LogP contribution in [0.2, 0.25) is 0 Å². The van der Waals surface area contributed by atoms with Crippen molar-refractivity contribution in [1.82, 2.24) is 10.2 Å². The molecule has 1 N–H and O–H groups in total. The Balaban J connectivity index is 1.97. The molecule has 0 aromatic heterocycles. The molecule has 1 aromatic carbocycles. The number of hydrogen-bond donors (Lipinski definition) is 1. The normalized spacial score (nSPS) is 18.9. The lowest BCUT2D eigenvalue weighted by Gasteiger charge is -2.26. The van der Waals surface area contributed by atoms with Crippen LogP contribution in [0.3, 0.4) is 0 Å². The van der Waals surface area contributed by atoms with Gasteiger partial charge in [-0.1, -0.05) is 31.2 Å². The minimum atomic E-state index is 0.653. The van der Waals surface area contributed by atoms with E-state index in [1.807, 2.05) is 0 Å². The average Bonchev–Trinajstić information content (AvgIpc) is 2.98. The van der Waals surface area contributed by atoms with E-state index in [9.17, 15) is 0 Å². The van der Waals surface area contributed by atoms with Gasteiger partial charge in [-0.05, 0) is 36.9 Å². The largest absolute Gasteiger partial charge is 0.383 e. The van der Waals surface area contributed by atoms with E-state index >= 15 is 0 Å². The number of methoxy groups -OCH3 is 1. The fourth-order valence-corrected chi connectivity index (χ4v) is 2.98. The molecule has 3 nitrogen and oxygen atoms in total. The predicted octanol–water partition coefficient (Wildman–Crippen LogP) is 2.45. The van der Waals surface area contributed by atoms with E-state index in [0.29, 0.717) is 6.04 Å². The Bertz CT molecular complexity index is 388. The number of benzene rings is 1. The van der Waals surface area contributed by atoms with Crippen LogP contribution in [0.4, 0.5) is 0 Å². The lowest BCUT2D eigenvalue weighted by molar-refractivity contribution is 0.138.